The Morgan fingerprint density at radius 2 is 1.56 bits per heavy atom. The van der Waals surface area contributed by atoms with Gasteiger partial charge < -0.3 is 9.80 Å². The molecule has 0 radical (unpaired) electrons. The molecule has 2 aromatic carbocycles. The summed E-state index contributed by atoms with van der Waals surface area (Å²) in [5, 5.41) is 9.36. The van der Waals surface area contributed by atoms with E-state index in [0.29, 0.717) is 30.1 Å². The first kappa shape index (κ1) is 24.2. The van der Waals surface area contributed by atoms with E-state index in [2.05, 4.69) is 112 Å². The van der Waals surface area contributed by atoms with Gasteiger partial charge in [0.05, 0.1) is 30.2 Å². The molecule has 0 amide bonds. The summed E-state index contributed by atoms with van der Waals surface area (Å²) in [5.41, 5.74) is 7.10. The summed E-state index contributed by atoms with van der Waals surface area (Å²) in [5.74, 6) is 0.386. The van der Waals surface area contributed by atoms with Crippen LogP contribution in [0.25, 0.3) is 5.57 Å². The van der Waals surface area contributed by atoms with Crippen molar-refractivity contribution < 1.29 is 0 Å². The van der Waals surface area contributed by atoms with Crippen LogP contribution >= 0.6 is 0 Å². The van der Waals surface area contributed by atoms with E-state index in [1.165, 1.54) is 35.2 Å². The van der Waals surface area contributed by atoms with Gasteiger partial charge in [0.25, 0.3) is 0 Å². The van der Waals surface area contributed by atoms with Gasteiger partial charge in [-0.25, -0.2) is 0 Å². The second kappa shape index (κ2) is 10.4. The highest BCUT2D eigenvalue weighted by atomic mass is 15.4. The molecule has 3 aliphatic carbocycles. The molecule has 0 saturated carbocycles. The summed E-state index contributed by atoms with van der Waals surface area (Å²) in [7, 11) is 0. The van der Waals surface area contributed by atoms with Crippen LogP contribution in [-0.2, 0) is 0 Å². The van der Waals surface area contributed by atoms with Crippen LogP contribution in [-0.4, -0.2) is 41.3 Å². The van der Waals surface area contributed by atoms with Gasteiger partial charge in [-0.1, -0.05) is 78.9 Å². The van der Waals surface area contributed by atoms with Crippen LogP contribution in [0.3, 0.4) is 0 Å². The van der Waals surface area contributed by atoms with Crippen LogP contribution in [0.5, 0.6) is 0 Å². The van der Waals surface area contributed by atoms with Crippen LogP contribution in [0, 0.1) is 11.3 Å². The minimum Gasteiger partial charge on any atom is -0.357 e. The van der Waals surface area contributed by atoms with Crippen molar-refractivity contribution in [2.75, 3.05) is 4.90 Å². The van der Waals surface area contributed by atoms with Gasteiger partial charge in [-0.15, -0.1) is 0 Å². The molecule has 1 fully saturated rings. The number of anilines is 1. The van der Waals surface area contributed by atoms with Crippen molar-refractivity contribution in [1.82, 2.24) is 4.90 Å². The minimum atomic E-state index is -0.205. The summed E-state index contributed by atoms with van der Waals surface area (Å²) in [6, 6.07) is 23.9. The van der Waals surface area contributed by atoms with E-state index >= 15 is 0 Å². The molecule has 5 aliphatic rings. The maximum atomic E-state index is 9.36. The number of hydrogen-bond acceptors (Lipinski definition) is 4. The van der Waals surface area contributed by atoms with Crippen LogP contribution < -0.4 is 4.90 Å². The van der Waals surface area contributed by atoms with Crippen molar-refractivity contribution in [3.05, 3.63) is 108 Å². The summed E-state index contributed by atoms with van der Waals surface area (Å²) < 4.78 is 0. The van der Waals surface area contributed by atoms with E-state index in [4.69, 9.17) is 0 Å². The molecule has 2 heterocycles. The number of aliphatic imine (C=N–C) groups is 1. The van der Waals surface area contributed by atoms with Crippen LogP contribution in [0.1, 0.15) is 62.0 Å². The van der Waals surface area contributed by atoms with E-state index in [9.17, 15) is 5.26 Å². The quantitative estimate of drug-likeness (QED) is 0.407. The highest BCUT2D eigenvalue weighted by Crippen LogP contribution is 2.45. The van der Waals surface area contributed by atoms with Gasteiger partial charge in [0.1, 0.15) is 6.04 Å². The van der Waals surface area contributed by atoms with Crippen LogP contribution in [0.2, 0.25) is 0 Å². The lowest BCUT2D eigenvalue weighted by Crippen LogP contribution is -2.66. The fourth-order valence-electron chi connectivity index (χ4n) is 7.56. The molecular weight excluding hydrogens is 476 g/mol. The maximum Gasteiger partial charge on any atom is 0.136 e. The molecule has 0 N–H and O–H groups in total. The Hall–Kier alpha value is -3.84. The van der Waals surface area contributed by atoms with Crippen molar-refractivity contribution in [2.24, 2.45) is 4.99 Å². The fourth-order valence-corrected chi connectivity index (χ4v) is 7.56. The minimum absolute atomic E-state index is 0.205. The fraction of sp³-hybridized carbons (Fsp3) is 0.371. The number of allylic oxidation sites excluding steroid dienone is 4. The molecule has 4 unspecified atom stereocenters. The van der Waals surface area contributed by atoms with Gasteiger partial charge in [-0.3, -0.25) is 4.99 Å². The van der Waals surface area contributed by atoms with Gasteiger partial charge in [-0.05, 0) is 79.7 Å². The molecule has 6 atom stereocenters. The number of piperazine rings is 1. The molecule has 0 aromatic heterocycles. The third-order valence-corrected chi connectivity index (χ3v) is 9.37. The molecule has 0 bridgehead atoms. The zero-order valence-corrected chi connectivity index (χ0v) is 22.4. The summed E-state index contributed by atoms with van der Waals surface area (Å²) >= 11 is 0. The lowest BCUT2D eigenvalue weighted by atomic mass is 9.83. The molecule has 1 saturated heterocycles. The second-order valence-electron chi connectivity index (χ2n) is 11.5. The molecule has 2 aromatic rings. The van der Waals surface area contributed by atoms with Crippen molar-refractivity contribution in [3.63, 3.8) is 0 Å². The average molecular weight is 513 g/mol. The van der Waals surface area contributed by atoms with Gasteiger partial charge >= 0.3 is 0 Å². The topological polar surface area (TPSA) is 42.6 Å². The van der Waals surface area contributed by atoms with E-state index in [0.717, 1.165) is 32.1 Å². The smallest absolute Gasteiger partial charge is 0.136 e. The van der Waals surface area contributed by atoms with Gasteiger partial charge in [0.2, 0.25) is 0 Å². The maximum absolute atomic E-state index is 9.36. The van der Waals surface area contributed by atoms with Crippen LogP contribution in [0.4, 0.5) is 5.69 Å². The third-order valence-electron chi connectivity index (χ3n) is 9.37. The van der Waals surface area contributed by atoms with Crippen molar-refractivity contribution >= 4 is 17.5 Å². The highest BCUT2D eigenvalue weighted by molar-refractivity contribution is 5.70. The summed E-state index contributed by atoms with van der Waals surface area (Å²) in [6.07, 6.45) is 23.8. The predicted octanol–water partition coefficient (Wildman–Crippen LogP) is 7.19. The number of hydrogen-bond donors (Lipinski definition) is 0. The Morgan fingerprint density at radius 3 is 2.36 bits per heavy atom. The number of rotatable bonds is 4. The molecule has 2 aliphatic heterocycles. The van der Waals surface area contributed by atoms with Crippen molar-refractivity contribution in [1.29, 1.82) is 5.26 Å². The first-order chi connectivity index (χ1) is 19.3. The highest BCUT2D eigenvalue weighted by Gasteiger charge is 2.48. The Kier molecular flexibility index (Phi) is 6.44. The number of para-hydroxylation sites is 1. The molecule has 4 heteroatoms. The Labute approximate surface area is 232 Å². The SMILES string of the molecule is N#CC1C[C@H](c2ccc(C3=C(N4C5C=CC=CC5N(c5ccccc5)[C@@H]5CC=CC54)CCCC3)cc2)CC=N1. The van der Waals surface area contributed by atoms with Crippen molar-refractivity contribution in [3.8, 4) is 6.07 Å². The number of nitriles is 1. The first-order valence-corrected chi connectivity index (χ1v) is 14.7. The first-order valence-electron chi connectivity index (χ1n) is 14.7. The van der Waals surface area contributed by atoms with Crippen LogP contribution in [0.15, 0.2) is 102 Å². The van der Waals surface area contributed by atoms with Gasteiger partial charge in [0.15, 0.2) is 0 Å². The third kappa shape index (κ3) is 4.35. The molecule has 39 heavy (non-hydrogen) atoms. The van der Waals surface area contributed by atoms with E-state index in [-0.39, 0.29) is 6.04 Å². The number of nitrogens with zero attached hydrogens (tertiary/aromatic N) is 4. The zero-order valence-electron chi connectivity index (χ0n) is 22.4. The molecular formula is C35H36N4. The molecule has 7 rings (SSSR count). The number of fused-ring (bicyclic) bond motifs is 2. The second-order valence-corrected chi connectivity index (χ2v) is 11.5. The van der Waals surface area contributed by atoms with Gasteiger partial charge in [0, 0.05) is 17.6 Å². The molecule has 0 spiro atoms. The van der Waals surface area contributed by atoms with E-state index in [1.807, 2.05) is 6.21 Å². The average Bonchev–Trinajstić information content (AvgIpc) is 3.49. The Balaban J connectivity index is 1.25. The largest absolute Gasteiger partial charge is 0.357 e. The standard InChI is InChI=1S/C35H36N4/c36-24-28-23-27(21-22-37-28)25-17-19-26(20-18-25)30-11-4-5-12-31(30)39-34-14-7-6-13-32(34)38(29-9-2-1-3-10-29)33-15-8-16-35(33)39/h1-3,6-10,13-14,16-20,22,27-28,32-35H,4-5,11-12,15,21,23H2/t27-,28?,32?,33-,34?,35?/m1/s1. The van der Waals surface area contributed by atoms with E-state index in [1.54, 1.807) is 5.70 Å². The predicted molar refractivity (Wildman–Crippen MR) is 160 cm³/mol. The van der Waals surface area contributed by atoms with Crippen molar-refractivity contribution in [2.45, 2.75) is 81.1 Å². The summed E-state index contributed by atoms with van der Waals surface area (Å²) in [6.45, 7) is 0. The molecule has 196 valence electrons. The lowest BCUT2D eigenvalue weighted by Gasteiger charge is -2.56. The summed E-state index contributed by atoms with van der Waals surface area (Å²) in [4.78, 5) is 9.83. The Bertz CT molecular complexity index is 1390. The van der Waals surface area contributed by atoms with E-state index < -0.39 is 0 Å². The number of benzene rings is 2. The normalized spacial score (nSPS) is 31.3. The molecule has 4 nitrogen and oxygen atoms in total. The monoisotopic (exact) mass is 512 g/mol. The lowest BCUT2D eigenvalue weighted by molar-refractivity contribution is 0.155. The zero-order chi connectivity index (χ0) is 26.2. The Morgan fingerprint density at radius 1 is 0.795 bits per heavy atom. The van der Waals surface area contributed by atoms with Gasteiger partial charge in [-0.2, -0.15) is 5.26 Å².